The van der Waals surface area contributed by atoms with Crippen LogP contribution in [0.25, 0.3) is 0 Å². The minimum atomic E-state index is -1.16. The van der Waals surface area contributed by atoms with Gasteiger partial charge in [-0.25, -0.2) is 4.79 Å². The van der Waals surface area contributed by atoms with Crippen LogP contribution in [0.2, 0.25) is 0 Å². The molecule has 0 saturated heterocycles. The lowest BCUT2D eigenvalue weighted by Gasteiger charge is -2.14. The van der Waals surface area contributed by atoms with E-state index in [9.17, 15) is 9.59 Å². The summed E-state index contributed by atoms with van der Waals surface area (Å²) in [7, 11) is 0. The van der Waals surface area contributed by atoms with E-state index in [0.29, 0.717) is 12.2 Å². The van der Waals surface area contributed by atoms with Crippen LogP contribution in [-0.2, 0) is 11.3 Å². The van der Waals surface area contributed by atoms with E-state index in [0.717, 1.165) is 4.47 Å². The Bertz CT molecular complexity index is 444. The number of carboxylic acids is 1. The highest BCUT2D eigenvalue weighted by Crippen LogP contribution is 2.15. The molecule has 100 valence electrons. The van der Waals surface area contributed by atoms with Crippen LogP contribution in [0.3, 0.4) is 0 Å². The van der Waals surface area contributed by atoms with Gasteiger partial charge in [-0.3, -0.25) is 4.79 Å². The first-order valence-corrected chi connectivity index (χ1v) is 6.29. The number of aryl methyl sites for hydroxylation is 1. The van der Waals surface area contributed by atoms with E-state index in [4.69, 9.17) is 10.2 Å². The summed E-state index contributed by atoms with van der Waals surface area (Å²) in [5.74, 6) is -1.63. The van der Waals surface area contributed by atoms with Gasteiger partial charge in [0.1, 0.15) is 11.7 Å². The number of aliphatic carboxylic acids is 1. The predicted octanol–water partition coefficient (Wildman–Crippen LogP) is 0.836. The first kappa shape index (κ1) is 14.7. The molecule has 6 nitrogen and oxygen atoms in total. The second-order valence-corrected chi connectivity index (χ2v) is 4.62. The van der Waals surface area contributed by atoms with Crippen LogP contribution in [0.15, 0.2) is 16.7 Å². The number of carbonyl (C=O) groups excluding carboxylic acids is 1. The lowest BCUT2D eigenvalue weighted by Crippen LogP contribution is -2.42. The molecule has 1 atom stereocenters. The molecule has 1 rings (SSSR count). The number of hydrogen-bond acceptors (Lipinski definition) is 3. The van der Waals surface area contributed by atoms with E-state index in [2.05, 4.69) is 21.2 Å². The van der Waals surface area contributed by atoms with Crippen molar-refractivity contribution < 1.29 is 19.8 Å². The third-order valence-electron chi connectivity index (χ3n) is 2.46. The van der Waals surface area contributed by atoms with Gasteiger partial charge in [0, 0.05) is 30.2 Å². The lowest BCUT2D eigenvalue weighted by atomic mass is 10.2. The fourth-order valence-corrected chi connectivity index (χ4v) is 2.01. The van der Waals surface area contributed by atoms with E-state index in [-0.39, 0.29) is 13.0 Å². The predicted molar refractivity (Wildman–Crippen MR) is 68.4 cm³/mol. The molecule has 0 aliphatic heterocycles. The van der Waals surface area contributed by atoms with Crippen LogP contribution >= 0.6 is 15.9 Å². The molecular weight excluding hydrogens is 304 g/mol. The normalized spacial score (nSPS) is 12.2. The Hall–Kier alpha value is -1.34. The van der Waals surface area contributed by atoms with Crippen molar-refractivity contribution in [2.75, 3.05) is 6.61 Å². The SMILES string of the molecule is CCn1cc(Br)cc1C(=O)NC(CCO)C(=O)O. The Morgan fingerprint density at radius 3 is 2.72 bits per heavy atom. The maximum absolute atomic E-state index is 11.9. The van der Waals surface area contributed by atoms with Gasteiger partial charge in [0.15, 0.2) is 0 Å². The monoisotopic (exact) mass is 318 g/mol. The summed E-state index contributed by atoms with van der Waals surface area (Å²) in [6, 6.07) is 0.540. The fourth-order valence-electron chi connectivity index (χ4n) is 1.55. The fraction of sp³-hybridized carbons (Fsp3) is 0.455. The average Bonchev–Trinajstić information content (AvgIpc) is 2.69. The molecule has 0 radical (unpaired) electrons. The molecular formula is C11H15BrN2O4. The summed E-state index contributed by atoms with van der Waals surface area (Å²) in [6.07, 6.45) is 1.73. The number of aliphatic hydroxyl groups excluding tert-OH is 1. The van der Waals surface area contributed by atoms with Crippen LogP contribution in [0, 0.1) is 0 Å². The number of carbonyl (C=O) groups is 2. The molecule has 7 heteroatoms. The van der Waals surface area contributed by atoms with Gasteiger partial charge in [-0.1, -0.05) is 0 Å². The Morgan fingerprint density at radius 1 is 1.56 bits per heavy atom. The number of amides is 1. The average molecular weight is 319 g/mol. The zero-order valence-corrected chi connectivity index (χ0v) is 11.5. The molecule has 1 amide bonds. The number of halogens is 1. The highest BCUT2D eigenvalue weighted by molar-refractivity contribution is 9.10. The largest absolute Gasteiger partial charge is 0.480 e. The number of carboxylic acid groups (broad SMARTS) is 1. The zero-order chi connectivity index (χ0) is 13.7. The minimum Gasteiger partial charge on any atom is -0.480 e. The van der Waals surface area contributed by atoms with Gasteiger partial charge in [0.25, 0.3) is 5.91 Å². The number of nitrogens with zero attached hydrogens (tertiary/aromatic N) is 1. The van der Waals surface area contributed by atoms with Crippen molar-refractivity contribution >= 4 is 27.8 Å². The number of nitrogens with one attached hydrogen (secondary N) is 1. The second-order valence-electron chi connectivity index (χ2n) is 3.71. The molecule has 1 aromatic rings. The summed E-state index contributed by atoms with van der Waals surface area (Å²) in [6.45, 7) is 2.19. The summed E-state index contributed by atoms with van der Waals surface area (Å²) in [4.78, 5) is 22.8. The van der Waals surface area contributed by atoms with E-state index in [1.807, 2.05) is 6.92 Å². The molecule has 1 aromatic heterocycles. The van der Waals surface area contributed by atoms with Crippen molar-refractivity contribution in [3.05, 3.63) is 22.4 Å². The van der Waals surface area contributed by atoms with Crippen LogP contribution < -0.4 is 5.32 Å². The van der Waals surface area contributed by atoms with Gasteiger partial charge in [-0.2, -0.15) is 0 Å². The second kappa shape index (κ2) is 6.55. The molecule has 18 heavy (non-hydrogen) atoms. The molecule has 0 fully saturated rings. The van der Waals surface area contributed by atoms with Gasteiger partial charge in [-0.15, -0.1) is 0 Å². The first-order chi connectivity index (χ1) is 8.49. The van der Waals surface area contributed by atoms with Crippen molar-refractivity contribution in [3.63, 3.8) is 0 Å². The Labute approximate surface area is 113 Å². The van der Waals surface area contributed by atoms with Crippen molar-refractivity contribution in [3.8, 4) is 0 Å². The Morgan fingerprint density at radius 2 is 2.22 bits per heavy atom. The molecule has 3 N–H and O–H groups in total. The molecule has 0 aliphatic carbocycles. The van der Waals surface area contributed by atoms with E-state index < -0.39 is 17.9 Å². The summed E-state index contributed by atoms with van der Waals surface area (Å²) < 4.78 is 2.46. The highest BCUT2D eigenvalue weighted by atomic mass is 79.9. The van der Waals surface area contributed by atoms with Crippen molar-refractivity contribution in [1.82, 2.24) is 9.88 Å². The lowest BCUT2D eigenvalue weighted by molar-refractivity contribution is -0.139. The summed E-state index contributed by atoms with van der Waals surface area (Å²) in [5.41, 5.74) is 0.383. The smallest absolute Gasteiger partial charge is 0.326 e. The molecule has 1 heterocycles. The summed E-state index contributed by atoms with van der Waals surface area (Å²) in [5, 5.41) is 20.0. The number of aliphatic hydroxyl groups is 1. The molecule has 0 saturated carbocycles. The van der Waals surface area contributed by atoms with E-state index in [1.165, 1.54) is 0 Å². The van der Waals surface area contributed by atoms with Crippen molar-refractivity contribution in [2.24, 2.45) is 0 Å². The summed E-state index contributed by atoms with van der Waals surface area (Å²) >= 11 is 3.26. The highest BCUT2D eigenvalue weighted by Gasteiger charge is 2.21. The molecule has 0 spiro atoms. The maximum atomic E-state index is 11.9. The maximum Gasteiger partial charge on any atom is 0.326 e. The molecule has 0 aliphatic rings. The third kappa shape index (κ3) is 3.58. The van der Waals surface area contributed by atoms with Crippen LogP contribution in [0.5, 0.6) is 0 Å². The minimum absolute atomic E-state index is 0.0188. The Kier molecular flexibility index (Phi) is 5.36. The Balaban J connectivity index is 2.83. The number of rotatable bonds is 6. The molecule has 0 aromatic carbocycles. The number of hydrogen-bond donors (Lipinski definition) is 3. The zero-order valence-electron chi connectivity index (χ0n) is 9.89. The van der Waals surface area contributed by atoms with Crippen LogP contribution in [0.1, 0.15) is 23.8 Å². The third-order valence-corrected chi connectivity index (χ3v) is 2.89. The van der Waals surface area contributed by atoms with Gasteiger partial charge in [-0.05, 0) is 28.9 Å². The van der Waals surface area contributed by atoms with Crippen LogP contribution in [0.4, 0.5) is 0 Å². The van der Waals surface area contributed by atoms with Gasteiger partial charge < -0.3 is 20.1 Å². The quantitative estimate of drug-likeness (QED) is 0.724. The van der Waals surface area contributed by atoms with E-state index in [1.54, 1.807) is 16.8 Å². The first-order valence-electron chi connectivity index (χ1n) is 5.49. The standard InChI is InChI=1S/C11H15BrN2O4/c1-2-14-6-7(12)5-9(14)10(16)13-8(3-4-15)11(17)18/h5-6,8,15H,2-4H2,1H3,(H,13,16)(H,17,18). The molecule has 0 bridgehead atoms. The van der Waals surface area contributed by atoms with Crippen LogP contribution in [-0.4, -0.2) is 39.3 Å². The molecule has 1 unspecified atom stereocenters. The number of aromatic nitrogens is 1. The van der Waals surface area contributed by atoms with Gasteiger partial charge in [0.2, 0.25) is 0 Å². The van der Waals surface area contributed by atoms with Crippen molar-refractivity contribution in [1.29, 1.82) is 0 Å². The van der Waals surface area contributed by atoms with Gasteiger partial charge >= 0.3 is 5.97 Å². The van der Waals surface area contributed by atoms with E-state index >= 15 is 0 Å². The topological polar surface area (TPSA) is 91.6 Å². The van der Waals surface area contributed by atoms with Crippen molar-refractivity contribution in [2.45, 2.75) is 25.9 Å². The van der Waals surface area contributed by atoms with Gasteiger partial charge in [0.05, 0.1) is 0 Å².